The Labute approximate surface area is 115 Å². The molecular formula is C17H21O2+. The smallest absolute Gasteiger partial charge is 0.310 e. The summed E-state index contributed by atoms with van der Waals surface area (Å²) in [6.45, 7) is 2.37. The third kappa shape index (κ3) is 2.03. The number of carbonyl (C=O) groups excluding carboxylic acids is 1. The van der Waals surface area contributed by atoms with E-state index >= 15 is 0 Å². The van der Waals surface area contributed by atoms with E-state index < -0.39 is 0 Å². The second-order valence-electron chi connectivity index (χ2n) is 5.72. The predicted molar refractivity (Wildman–Crippen MR) is 74.5 cm³/mol. The topological polar surface area (TPSA) is 26.3 Å². The Morgan fingerprint density at radius 1 is 1.32 bits per heavy atom. The molecule has 0 N–H and O–H groups in total. The van der Waals surface area contributed by atoms with Gasteiger partial charge in [0, 0.05) is 11.3 Å². The fourth-order valence-electron chi connectivity index (χ4n) is 3.91. The number of esters is 1. The molecule has 0 saturated heterocycles. The van der Waals surface area contributed by atoms with Crippen LogP contribution in [-0.4, -0.2) is 12.6 Å². The quantitative estimate of drug-likeness (QED) is 0.609. The number of carbonyl (C=O) groups is 1. The van der Waals surface area contributed by atoms with Crippen LogP contribution in [0.3, 0.4) is 0 Å². The van der Waals surface area contributed by atoms with E-state index in [0.717, 1.165) is 25.7 Å². The zero-order valence-corrected chi connectivity index (χ0v) is 11.5. The molecule has 0 amide bonds. The van der Waals surface area contributed by atoms with E-state index in [4.69, 9.17) is 4.74 Å². The normalized spacial score (nSPS) is 27.6. The van der Waals surface area contributed by atoms with Gasteiger partial charge in [0.1, 0.15) is 0 Å². The molecule has 2 atom stereocenters. The van der Waals surface area contributed by atoms with Crippen LogP contribution in [0.1, 0.15) is 44.1 Å². The van der Waals surface area contributed by atoms with Crippen LogP contribution in [-0.2, 0) is 9.53 Å². The number of benzene rings is 1. The lowest BCUT2D eigenvalue weighted by molar-refractivity contribution is -0.145. The van der Waals surface area contributed by atoms with Crippen molar-refractivity contribution in [2.24, 2.45) is 11.3 Å². The molecule has 1 aromatic carbocycles. The summed E-state index contributed by atoms with van der Waals surface area (Å²) in [5, 5.41) is 0. The molecule has 2 fully saturated rings. The molecule has 0 radical (unpaired) electrons. The highest BCUT2D eigenvalue weighted by Gasteiger charge is 2.69. The molecule has 2 aliphatic carbocycles. The molecule has 100 valence electrons. The second-order valence-corrected chi connectivity index (χ2v) is 5.72. The van der Waals surface area contributed by atoms with Crippen LogP contribution < -0.4 is 0 Å². The molecule has 0 bridgehead atoms. The molecule has 2 nitrogen and oxygen atoms in total. The zero-order chi connectivity index (χ0) is 13.3. The van der Waals surface area contributed by atoms with E-state index in [1.54, 1.807) is 0 Å². The minimum absolute atomic E-state index is 0.0123. The fraction of sp³-hybridized carbons (Fsp3) is 0.529. The summed E-state index contributed by atoms with van der Waals surface area (Å²) in [7, 11) is 0. The largest absolute Gasteiger partial charge is 0.466 e. The first-order chi connectivity index (χ1) is 9.29. The highest BCUT2D eigenvalue weighted by Crippen LogP contribution is 2.71. The summed E-state index contributed by atoms with van der Waals surface area (Å²) < 4.78 is 5.30. The predicted octanol–water partition coefficient (Wildman–Crippen LogP) is 3.73. The van der Waals surface area contributed by atoms with Crippen LogP contribution in [0.4, 0.5) is 0 Å². The average molecular weight is 257 g/mol. The van der Waals surface area contributed by atoms with Crippen molar-refractivity contribution in [3.63, 3.8) is 0 Å². The number of hydrogen-bond donors (Lipinski definition) is 0. The third-order valence-electron chi connectivity index (χ3n) is 4.79. The van der Waals surface area contributed by atoms with Gasteiger partial charge in [0.2, 0.25) is 0 Å². The first kappa shape index (κ1) is 12.6. The molecule has 0 aromatic heterocycles. The first-order valence-corrected chi connectivity index (χ1v) is 7.33. The second kappa shape index (κ2) is 4.92. The average Bonchev–Trinajstić information content (AvgIpc) is 3.08. The summed E-state index contributed by atoms with van der Waals surface area (Å²) in [6.07, 6.45) is 6.90. The minimum Gasteiger partial charge on any atom is -0.466 e. The van der Waals surface area contributed by atoms with Gasteiger partial charge in [-0.3, -0.25) is 4.79 Å². The van der Waals surface area contributed by atoms with Crippen LogP contribution in [0, 0.1) is 17.8 Å². The lowest BCUT2D eigenvalue weighted by Crippen LogP contribution is -2.16. The van der Waals surface area contributed by atoms with E-state index in [2.05, 4.69) is 30.7 Å². The van der Waals surface area contributed by atoms with Crippen molar-refractivity contribution in [3.05, 3.63) is 42.3 Å². The summed E-state index contributed by atoms with van der Waals surface area (Å²) in [5.41, 5.74) is 1.49. The maximum Gasteiger partial charge on any atom is 0.310 e. The van der Waals surface area contributed by atoms with E-state index in [9.17, 15) is 4.79 Å². The van der Waals surface area contributed by atoms with Gasteiger partial charge in [-0.2, -0.15) is 0 Å². The highest BCUT2D eigenvalue weighted by atomic mass is 16.5. The van der Waals surface area contributed by atoms with Gasteiger partial charge in [-0.15, -0.1) is 0 Å². The molecule has 0 aliphatic heterocycles. The Morgan fingerprint density at radius 3 is 2.63 bits per heavy atom. The molecule has 3 rings (SSSR count). The third-order valence-corrected chi connectivity index (χ3v) is 4.79. The van der Waals surface area contributed by atoms with Crippen molar-refractivity contribution in [2.75, 3.05) is 6.61 Å². The van der Waals surface area contributed by atoms with Gasteiger partial charge in [0.05, 0.1) is 31.8 Å². The standard InChI is InChI=1S/C17H21O2/c1-2-19-16(18)15-14(13-9-5-3-6-10-13)17(15)11-7-4-8-12-17/h3-6,9-10,14-15H,2,7-8,11-12H2,1H3/q+1/t14-,15+/m1/s1. The molecule has 1 spiro atoms. The maximum absolute atomic E-state index is 12.2. The molecule has 2 heteroatoms. The van der Waals surface area contributed by atoms with Crippen molar-refractivity contribution in [1.82, 2.24) is 0 Å². The fourth-order valence-corrected chi connectivity index (χ4v) is 3.91. The molecule has 0 unspecified atom stereocenters. The minimum atomic E-state index is 0.0123. The molecule has 0 heterocycles. The summed E-state index contributed by atoms with van der Waals surface area (Å²) in [6, 6.07) is 10.5. The van der Waals surface area contributed by atoms with Crippen LogP contribution >= 0.6 is 0 Å². The van der Waals surface area contributed by atoms with Crippen LogP contribution in [0.5, 0.6) is 0 Å². The van der Waals surface area contributed by atoms with Gasteiger partial charge in [0.25, 0.3) is 0 Å². The summed E-state index contributed by atoms with van der Waals surface area (Å²) >= 11 is 0. The lowest BCUT2D eigenvalue weighted by atomic mass is 9.82. The molecule has 2 saturated carbocycles. The van der Waals surface area contributed by atoms with Crippen LogP contribution in [0.15, 0.2) is 30.3 Å². The Kier molecular flexibility index (Phi) is 3.26. The van der Waals surface area contributed by atoms with Gasteiger partial charge >= 0.3 is 5.97 Å². The van der Waals surface area contributed by atoms with Crippen molar-refractivity contribution in [1.29, 1.82) is 0 Å². The first-order valence-electron chi connectivity index (χ1n) is 7.33. The van der Waals surface area contributed by atoms with Crippen molar-refractivity contribution in [3.8, 4) is 0 Å². The van der Waals surface area contributed by atoms with E-state index in [1.807, 2.05) is 13.0 Å². The number of rotatable bonds is 3. The van der Waals surface area contributed by atoms with Gasteiger partial charge in [-0.05, 0) is 25.3 Å². The molecule has 19 heavy (non-hydrogen) atoms. The van der Waals surface area contributed by atoms with Gasteiger partial charge in [-0.1, -0.05) is 30.3 Å². The Balaban J connectivity index is 1.86. The maximum atomic E-state index is 12.2. The zero-order valence-electron chi connectivity index (χ0n) is 11.5. The molecule has 1 aromatic rings. The highest BCUT2D eigenvalue weighted by molar-refractivity contribution is 5.80. The lowest BCUT2D eigenvalue weighted by Gasteiger charge is -2.18. The van der Waals surface area contributed by atoms with Crippen molar-refractivity contribution < 1.29 is 9.53 Å². The molecular weight excluding hydrogens is 236 g/mol. The van der Waals surface area contributed by atoms with E-state index in [-0.39, 0.29) is 17.3 Å². The van der Waals surface area contributed by atoms with Crippen LogP contribution in [0.2, 0.25) is 0 Å². The van der Waals surface area contributed by atoms with Gasteiger partial charge in [0.15, 0.2) is 0 Å². The Hall–Kier alpha value is -1.44. The van der Waals surface area contributed by atoms with Crippen LogP contribution in [0.25, 0.3) is 0 Å². The Morgan fingerprint density at radius 2 is 2.00 bits per heavy atom. The number of ether oxygens (including phenoxy) is 1. The SMILES string of the molecule is CCOC(=O)[C@@H]1[C@@H](c2ccccc2)C12CC[CH+]CC2. The van der Waals surface area contributed by atoms with Crippen molar-refractivity contribution in [2.45, 2.75) is 38.5 Å². The van der Waals surface area contributed by atoms with E-state index in [1.165, 1.54) is 5.56 Å². The van der Waals surface area contributed by atoms with Gasteiger partial charge < -0.3 is 4.74 Å². The summed E-state index contributed by atoms with van der Waals surface area (Å²) in [4.78, 5) is 12.2. The number of hydrogen-bond acceptors (Lipinski definition) is 2. The monoisotopic (exact) mass is 257 g/mol. The van der Waals surface area contributed by atoms with Crippen molar-refractivity contribution >= 4 is 5.97 Å². The Bertz CT molecular complexity index is 446. The molecule has 2 aliphatic rings. The van der Waals surface area contributed by atoms with Gasteiger partial charge in [-0.25, -0.2) is 0 Å². The van der Waals surface area contributed by atoms with E-state index in [0.29, 0.717) is 12.5 Å². The summed E-state index contributed by atoms with van der Waals surface area (Å²) in [5.74, 6) is 0.475.